The van der Waals surface area contributed by atoms with Crippen molar-refractivity contribution in [3.8, 4) is 0 Å². The number of hydrogen-bond acceptors (Lipinski definition) is 3. The lowest BCUT2D eigenvalue weighted by Gasteiger charge is -2.37. The molecule has 0 radical (unpaired) electrons. The maximum absolute atomic E-state index is 9.69. The second-order valence-electron chi connectivity index (χ2n) is 8.77. The van der Waals surface area contributed by atoms with Crippen LogP contribution in [0.1, 0.15) is 90.4 Å². The van der Waals surface area contributed by atoms with Crippen LogP contribution in [-0.4, -0.2) is 23.2 Å². The van der Waals surface area contributed by atoms with Crippen molar-refractivity contribution in [2.24, 2.45) is 23.7 Å². The van der Waals surface area contributed by atoms with E-state index in [0.717, 1.165) is 37.5 Å². The van der Waals surface area contributed by atoms with E-state index in [1.165, 1.54) is 57.8 Å². The lowest BCUT2D eigenvalue weighted by molar-refractivity contribution is 0.0737. The van der Waals surface area contributed by atoms with Crippen molar-refractivity contribution in [3.05, 3.63) is 0 Å². The Hall–Kier alpha value is -0.570. The van der Waals surface area contributed by atoms with E-state index in [4.69, 9.17) is 10.1 Å². The minimum atomic E-state index is -0.0413. The van der Waals surface area contributed by atoms with E-state index in [2.05, 4.69) is 6.92 Å². The Labute approximate surface area is 148 Å². The SMILES string of the molecule is CC(OC(=N)C1CCC(C2CCC(O)CC2)CC1)C1CCCCC1. The first-order valence-electron chi connectivity index (χ1n) is 10.6. The third-order valence-corrected chi connectivity index (χ3v) is 7.18. The van der Waals surface area contributed by atoms with Crippen molar-refractivity contribution < 1.29 is 9.84 Å². The molecule has 3 fully saturated rings. The number of aliphatic hydroxyl groups excluding tert-OH is 1. The zero-order valence-electron chi connectivity index (χ0n) is 15.5. The molecular formula is C21H37NO2. The second kappa shape index (κ2) is 8.69. The average Bonchev–Trinajstić information content (AvgIpc) is 2.63. The highest BCUT2D eigenvalue weighted by atomic mass is 16.5. The number of rotatable bonds is 4. The van der Waals surface area contributed by atoms with E-state index < -0.39 is 0 Å². The van der Waals surface area contributed by atoms with Crippen LogP contribution in [0, 0.1) is 29.1 Å². The van der Waals surface area contributed by atoms with Crippen LogP contribution in [0.15, 0.2) is 0 Å². The Morgan fingerprint density at radius 1 is 0.833 bits per heavy atom. The molecule has 0 saturated heterocycles. The van der Waals surface area contributed by atoms with Crippen molar-refractivity contribution in [1.82, 2.24) is 0 Å². The summed E-state index contributed by atoms with van der Waals surface area (Å²) >= 11 is 0. The zero-order chi connectivity index (χ0) is 16.9. The second-order valence-corrected chi connectivity index (χ2v) is 8.77. The monoisotopic (exact) mass is 335 g/mol. The number of nitrogens with one attached hydrogen (secondary N) is 1. The van der Waals surface area contributed by atoms with E-state index in [9.17, 15) is 5.11 Å². The van der Waals surface area contributed by atoms with E-state index in [1.54, 1.807) is 0 Å². The molecule has 0 spiro atoms. The van der Waals surface area contributed by atoms with Gasteiger partial charge in [0.1, 0.15) is 6.10 Å². The first kappa shape index (κ1) is 18.2. The van der Waals surface area contributed by atoms with E-state index in [-0.39, 0.29) is 12.2 Å². The van der Waals surface area contributed by atoms with Crippen LogP contribution < -0.4 is 0 Å². The molecule has 3 saturated carbocycles. The van der Waals surface area contributed by atoms with Crippen LogP contribution >= 0.6 is 0 Å². The summed E-state index contributed by atoms with van der Waals surface area (Å²) in [5.41, 5.74) is 0. The summed E-state index contributed by atoms with van der Waals surface area (Å²) in [5, 5.41) is 18.1. The maximum atomic E-state index is 9.69. The van der Waals surface area contributed by atoms with Gasteiger partial charge in [-0.3, -0.25) is 5.41 Å². The van der Waals surface area contributed by atoms with Crippen molar-refractivity contribution >= 4 is 5.90 Å². The Bertz CT molecular complexity index is 389. The molecule has 0 aliphatic heterocycles. The van der Waals surface area contributed by atoms with Crippen molar-refractivity contribution in [2.45, 2.75) is 103 Å². The molecule has 2 N–H and O–H groups in total. The normalized spacial score (nSPS) is 36.9. The van der Waals surface area contributed by atoms with E-state index >= 15 is 0 Å². The quantitative estimate of drug-likeness (QED) is 0.540. The molecule has 0 aromatic rings. The van der Waals surface area contributed by atoms with Gasteiger partial charge >= 0.3 is 0 Å². The first-order valence-corrected chi connectivity index (χ1v) is 10.6. The van der Waals surface area contributed by atoms with Crippen LogP contribution in [0.2, 0.25) is 0 Å². The minimum absolute atomic E-state index is 0.0413. The Morgan fingerprint density at radius 3 is 1.96 bits per heavy atom. The smallest absolute Gasteiger partial charge is 0.183 e. The van der Waals surface area contributed by atoms with Crippen molar-refractivity contribution in [3.63, 3.8) is 0 Å². The largest absolute Gasteiger partial charge is 0.478 e. The maximum Gasteiger partial charge on any atom is 0.183 e. The zero-order valence-corrected chi connectivity index (χ0v) is 15.5. The molecule has 3 aliphatic carbocycles. The fraction of sp³-hybridized carbons (Fsp3) is 0.952. The summed E-state index contributed by atoms with van der Waals surface area (Å²) in [6, 6.07) is 0. The van der Waals surface area contributed by atoms with Crippen molar-refractivity contribution in [1.29, 1.82) is 5.41 Å². The Kier molecular flexibility index (Phi) is 6.60. The summed E-state index contributed by atoms with van der Waals surface area (Å²) in [7, 11) is 0. The molecular weight excluding hydrogens is 298 g/mol. The molecule has 0 bridgehead atoms. The third kappa shape index (κ3) is 4.74. The third-order valence-electron chi connectivity index (χ3n) is 7.18. The molecule has 0 aromatic heterocycles. The van der Waals surface area contributed by atoms with Gasteiger partial charge < -0.3 is 9.84 Å². The fourth-order valence-electron chi connectivity index (χ4n) is 5.42. The molecule has 3 aliphatic rings. The number of aliphatic hydroxyl groups is 1. The summed E-state index contributed by atoms with van der Waals surface area (Å²) in [5.74, 6) is 3.26. The Morgan fingerprint density at radius 2 is 1.38 bits per heavy atom. The molecule has 1 unspecified atom stereocenters. The summed E-state index contributed by atoms with van der Waals surface area (Å²) < 4.78 is 6.07. The molecule has 3 nitrogen and oxygen atoms in total. The van der Waals surface area contributed by atoms with Gasteiger partial charge in [0.25, 0.3) is 0 Å². The highest BCUT2D eigenvalue weighted by molar-refractivity contribution is 5.75. The molecule has 1 atom stereocenters. The van der Waals surface area contributed by atoms with Crippen molar-refractivity contribution in [2.75, 3.05) is 0 Å². The van der Waals surface area contributed by atoms with Gasteiger partial charge in [-0.2, -0.15) is 0 Å². The van der Waals surface area contributed by atoms with Crippen LogP contribution in [0.4, 0.5) is 0 Å². The highest BCUT2D eigenvalue weighted by Gasteiger charge is 2.33. The van der Waals surface area contributed by atoms with E-state index in [1.807, 2.05) is 0 Å². The van der Waals surface area contributed by atoms with Crippen LogP contribution in [0.25, 0.3) is 0 Å². The van der Waals surface area contributed by atoms with Gasteiger partial charge in [0, 0.05) is 5.92 Å². The summed E-state index contributed by atoms with van der Waals surface area (Å²) in [6.07, 6.45) is 16.0. The van der Waals surface area contributed by atoms with Gasteiger partial charge in [-0.05, 0) is 88.9 Å². The average molecular weight is 336 g/mol. The molecule has 24 heavy (non-hydrogen) atoms. The summed E-state index contributed by atoms with van der Waals surface area (Å²) in [6.45, 7) is 2.18. The molecule has 0 amide bonds. The van der Waals surface area contributed by atoms with Gasteiger partial charge in [0.05, 0.1) is 6.10 Å². The highest BCUT2D eigenvalue weighted by Crippen LogP contribution is 2.40. The number of hydrogen-bond donors (Lipinski definition) is 2. The lowest BCUT2D eigenvalue weighted by atomic mass is 9.70. The minimum Gasteiger partial charge on any atom is -0.478 e. The molecule has 3 rings (SSSR count). The van der Waals surface area contributed by atoms with Crippen LogP contribution in [0.3, 0.4) is 0 Å². The van der Waals surface area contributed by atoms with Crippen LogP contribution in [0.5, 0.6) is 0 Å². The van der Waals surface area contributed by atoms with Crippen LogP contribution in [-0.2, 0) is 4.74 Å². The molecule has 138 valence electrons. The lowest BCUT2D eigenvalue weighted by Crippen LogP contribution is -2.32. The topological polar surface area (TPSA) is 53.3 Å². The first-order chi connectivity index (χ1) is 11.6. The fourth-order valence-corrected chi connectivity index (χ4v) is 5.42. The molecule has 3 heteroatoms. The van der Waals surface area contributed by atoms with E-state index in [0.29, 0.717) is 17.7 Å². The predicted molar refractivity (Wildman–Crippen MR) is 98.3 cm³/mol. The molecule has 0 aromatic carbocycles. The van der Waals surface area contributed by atoms with Gasteiger partial charge in [0.15, 0.2) is 5.90 Å². The number of ether oxygens (including phenoxy) is 1. The summed E-state index contributed by atoms with van der Waals surface area (Å²) in [4.78, 5) is 0. The predicted octanol–water partition coefficient (Wildman–Crippen LogP) is 5.31. The molecule has 0 heterocycles. The van der Waals surface area contributed by atoms with Gasteiger partial charge in [0.2, 0.25) is 0 Å². The Balaban J connectivity index is 1.40. The standard InChI is InChI=1S/C21H37NO2/c1-15(16-5-3-2-4-6-16)24-21(22)19-9-7-17(8-10-19)18-11-13-20(23)14-12-18/h15-20,22-23H,2-14H2,1H3. The van der Waals surface area contributed by atoms with Gasteiger partial charge in [-0.25, -0.2) is 0 Å². The van der Waals surface area contributed by atoms with Gasteiger partial charge in [-0.1, -0.05) is 19.3 Å². The van der Waals surface area contributed by atoms with Gasteiger partial charge in [-0.15, -0.1) is 0 Å².